The van der Waals surface area contributed by atoms with Crippen LogP contribution >= 0.6 is 0 Å². The smallest absolute Gasteiger partial charge is 0.0132 e. The molecule has 0 saturated heterocycles. The molecule has 0 radical (unpaired) electrons. The Kier molecular flexibility index (Phi) is 16.5. The van der Waals surface area contributed by atoms with Gasteiger partial charge in [-0.25, -0.2) is 0 Å². The molecule has 0 fully saturated rings. The van der Waals surface area contributed by atoms with Gasteiger partial charge in [0.15, 0.2) is 0 Å². The third kappa shape index (κ3) is 11.4. The second-order valence-corrected chi connectivity index (χ2v) is 22.7. The molecule has 0 aromatic heterocycles. The van der Waals surface area contributed by atoms with E-state index in [0.29, 0.717) is 0 Å². The monoisotopic (exact) mass is 782 g/mol. The van der Waals surface area contributed by atoms with Crippen LogP contribution in [0.5, 0.6) is 0 Å². The number of aryl methyl sites for hydroxylation is 2. The number of hydrogen-bond donors (Lipinski definition) is 0. The van der Waals surface area contributed by atoms with Crippen LogP contribution in [0.15, 0.2) is 109 Å². The van der Waals surface area contributed by atoms with Gasteiger partial charge >= 0.3 is 54.7 Å². The van der Waals surface area contributed by atoms with Crippen LogP contribution in [0.3, 0.4) is 0 Å². The summed E-state index contributed by atoms with van der Waals surface area (Å²) in [5.41, 5.74) is 11.4. The van der Waals surface area contributed by atoms with Gasteiger partial charge in [-0.15, -0.1) is 69.1 Å². The van der Waals surface area contributed by atoms with Gasteiger partial charge in [0.2, 0.25) is 0 Å². The van der Waals surface area contributed by atoms with Gasteiger partial charge in [0, 0.05) is 0 Å². The van der Waals surface area contributed by atoms with E-state index in [4.69, 9.17) is 0 Å². The molecule has 0 aliphatic carbocycles. The summed E-state index contributed by atoms with van der Waals surface area (Å²) in [4.78, 5) is 0. The van der Waals surface area contributed by atoms with E-state index in [2.05, 4.69) is 178 Å². The minimum Gasteiger partial charge on any atom is -1.00 e. The Morgan fingerprint density at radius 3 is 1.35 bits per heavy atom. The Balaban J connectivity index is 0.000000283. The van der Waals surface area contributed by atoms with E-state index < -0.39 is 0 Å². The summed E-state index contributed by atoms with van der Waals surface area (Å²) < 4.78 is 0. The summed E-state index contributed by atoms with van der Waals surface area (Å²) in [5.74, 6) is 0. The molecule has 49 heavy (non-hydrogen) atoms. The van der Waals surface area contributed by atoms with Gasteiger partial charge < -0.3 is 24.8 Å². The zero-order valence-electron chi connectivity index (χ0n) is 31.3. The molecule has 4 heteroatoms. The van der Waals surface area contributed by atoms with Crippen molar-refractivity contribution in [2.75, 3.05) is 0 Å². The summed E-state index contributed by atoms with van der Waals surface area (Å²) in [6, 6.07) is 43.3. The van der Waals surface area contributed by atoms with Crippen molar-refractivity contribution in [3.8, 4) is 22.3 Å². The summed E-state index contributed by atoms with van der Waals surface area (Å²) in [5, 5.41) is 5.41. The molecule has 0 aliphatic heterocycles. The normalized spacial score (nSPS) is 11.1. The molecular weight excluding hydrogens is 731 g/mol. The fourth-order valence-electron chi connectivity index (χ4n) is 5.94. The first-order valence-corrected chi connectivity index (χ1v) is 23.0. The number of halogens is 2. The molecule has 0 heterocycles. The Morgan fingerprint density at radius 2 is 0.980 bits per heavy atom. The first-order valence-electron chi connectivity index (χ1n) is 17.4. The van der Waals surface area contributed by atoms with Crippen molar-refractivity contribution in [2.45, 2.75) is 98.6 Å². The molecule has 258 valence electrons. The zero-order chi connectivity index (χ0) is 34.4. The van der Waals surface area contributed by atoms with E-state index in [1.165, 1.54) is 78.1 Å². The third-order valence-corrected chi connectivity index (χ3v) is 16.0. The molecule has 6 aromatic rings. The second kappa shape index (κ2) is 18.9. The molecule has 0 amide bonds. The van der Waals surface area contributed by atoms with Crippen LogP contribution in [-0.4, -0.2) is 5.43 Å². The topological polar surface area (TPSA) is 0 Å². The number of fused-ring (bicyclic) bond motifs is 2. The van der Waals surface area contributed by atoms with E-state index in [1.54, 1.807) is 23.3 Å². The van der Waals surface area contributed by atoms with E-state index in [9.17, 15) is 0 Å². The van der Waals surface area contributed by atoms with Gasteiger partial charge in [-0.2, -0.15) is 12.1 Å². The van der Waals surface area contributed by atoms with Crippen LogP contribution in [0, 0.1) is 6.92 Å². The maximum atomic E-state index is 2.34. The molecule has 0 bridgehead atoms. The van der Waals surface area contributed by atoms with E-state index >= 15 is 0 Å². The molecule has 0 atom stereocenters. The molecule has 0 saturated carbocycles. The quantitative estimate of drug-likeness (QED) is 0.126. The number of benzene rings is 4. The van der Waals surface area contributed by atoms with Gasteiger partial charge in [-0.1, -0.05) is 127 Å². The largest absolute Gasteiger partial charge is 1.00 e. The standard InChI is InChI=1S/C21H23.C20H21.C4H10Si.2ClH.Zr/c1-5-15-13-17-7-6-8-19(20(17)14-15)16-9-11-18(12-10-16)21(2,3)4;1-14-12-16-6-5-7-18(19(16)13-14)15-8-10-17(11-9-15)20(2,3)4;1-3-5-4-2;;;/h6-14H,5H2,1-4H3;5-13H,1-4H3;3-4H2,1-2H3;2*1H;/q2*-1;;;;+2/p-2. The minimum atomic E-state index is 0. The molecule has 0 unspecified atom stereocenters. The average molecular weight is 785 g/mol. The minimum absolute atomic E-state index is 0. The van der Waals surface area contributed by atoms with Crippen LogP contribution in [0.4, 0.5) is 0 Å². The molecular formula is C45H54Cl2SiZr-2. The van der Waals surface area contributed by atoms with E-state index in [0.717, 1.165) is 6.42 Å². The van der Waals surface area contributed by atoms with Crippen molar-refractivity contribution in [1.29, 1.82) is 0 Å². The summed E-state index contributed by atoms with van der Waals surface area (Å²) in [6.07, 6.45) is 1.09. The first kappa shape index (κ1) is 42.9. The maximum Gasteiger partial charge on any atom is -0.0132 e. The van der Waals surface area contributed by atoms with Crippen LogP contribution < -0.4 is 24.8 Å². The van der Waals surface area contributed by atoms with Gasteiger partial charge in [-0.3, -0.25) is 0 Å². The molecule has 0 spiro atoms. The van der Waals surface area contributed by atoms with Crippen molar-refractivity contribution in [3.05, 3.63) is 131 Å². The fourth-order valence-corrected chi connectivity index (χ4v) is 6.44. The summed E-state index contributed by atoms with van der Waals surface area (Å²) in [7, 11) is 0. The third-order valence-electron chi connectivity index (χ3n) is 9.09. The SMILES string of the molecule is CC[Si](=[Zr+2])CC.CCc1cc2c(-c3ccc(C(C)(C)C)cc3)cccc2[cH-]1.Cc1cc2c(-c3ccc(C(C)(C)C)cc3)cccc2[cH-]1.[Cl-].[Cl-]. The van der Waals surface area contributed by atoms with Crippen LogP contribution in [0.25, 0.3) is 43.8 Å². The Bertz CT molecular complexity index is 1900. The Morgan fingerprint density at radius 1 is 0.571 bits per heavy atom. The first-order chi connectivity index (χ1) is 22.2. The van der Waals surface area contributed by atoms with E-state index in [1.807, 2.05) is 0 Å². The van der Waals surface area contributed by atoms with Crippen LogP contribution in [-0.2, 0) is 40.6 Å². The van der Waals surface area contributed by atoms with Crippen molar-refractivity contribution in [3.63, 3.8) is 0 Å². The van der Waals surface area contributed by atoms with Crippen molar-refractivity contribution in [2.24, 2.45) is 0 Å². The average Bonchev–Trinajstić information content (AvgIpc) is 3.66. The molecule has 0 N–H and O–H groups in total. The van der Waals surface area contributed by atoms with Crippen molar-refractivity contribution < 1.29 is 48.1 Å². The van der Waals surface area contributed by atoms with Crippen molar-refractivity contribution >= 4 is 27.0 Å². The van der Waals surface area contributed by atoms with Gasteiger partial charge in [0.1, 0.15) is 0 Å². The van der Waals surface area contributed by atoms with Gasteiger partial charge in [0.05, 0.1) is 0 Å². The van der Waals surface area contributed by atoms with Crippen LogP contribution in [0.2, 0.25) is 12.1 Å². The van der Waals surface area contributed by atoms with E-state index in [-0.39, 0.29) is 41.1 Å². The molecule has 6 aromatic carbocycles. The van der Waals surface area contributed by atoms with Gasteiger partial charge in [-0.05, 0) is 39.5 Å². The molecule has 6 rings (SSSR count). The number of hydrogen-bond acceptors (Lipinski definition) is 0. The van der Waals surface area contributed by atoms with Gasteiger partial charge in [0.25, 0.3) is 0 Å². The summed E-state index contributed by atoms with van der Waals surface area (Å²) in [6.45, 7) is 22.5. The summed E-state index contributed by atoms with van der Waals surface area (Å²) >= 11 is 1.80. The van der Waals surface area contributed by atoms with Crippen LogP contribution in [0.1, 0.15) is 84.6 Å². The Labute approximate surface area is 325 Å². The molecule has 0 nitrogen and oxygen atoms in total. The Hall–Kier alpha value is -2.22. The number of rotatable bonds is 5. The maximum absolute atomic E-state index is 2.34. The molecule has 0 aliphatic rings. The fraction of sp³-hybridized carbons (Fsp3) is 0.333. The predicted molar refractivity (Wildman–Crippen MR) is 208 cm³/mol. The second-order valence-electron chi connectivity index (χ2n) is 14.8. The predicted octanol–water partition coefficient (Wildman–Crippen LogP) is 7.49. The zero-order valence-corrected chi connectivity index (χ0v) is 36.2. The van der Waals surface area contributed by atoms with Crippen molar-refractivity contribution in [1.82, 2.24) is 0 Å².